The number of methoxy groups -OCH3 is 2. The number of aryl methyl sites for hydroxylation is 1. The molecule has 0 spiro atoms. The molecule has 128 valence electrons. The van der Waals surface area contributed by atoms with Crippen molar-refractivity contribution in [1.29, 1.82) is 0 Å². The third-order valence-electron chi connectivity index (χ3n) is 3.28. The molecular weight excluding hydrogens is 308 g/mol. The summed E-state index contributed by atoms with van der Waals surface area (Å²) in [7, 11) is 3.10. The Morgan fingerprint density at radius 3 is 2.62 bits per heavy atom. The summed E-state index contributed by atoms with van der Waals surface area (Å²) in [6.07, 6.45) is 0.966. The fraction of sp³-hybridized carbons (Fsp3) is 0.353. The molecule has 2 N–H and O–H groups in total. The van der Waals surface area contributed by atoms with Gasteiger partial charge in [-0.3, -0.25) is 4.79 Å². The number of carbonyl (C=O) groups is 1. The number of hydrogen-bond donors (Lipinski definition) is 2. The summed E-state index contributed by atoms with van der Waals surface area (Å²) in [5, 5.41) is 5.96. The average Bonchev–Trinajstić information content (AvgIpc) is 2.59. The summed E-state index contributed by atoms with van der Waals surface area (Å²) in [6, 6.07) is 6.81. The van der Waals surface area contributed by atoms with Gasteiger partial charge in [0, 0.05) is 18.7 Å². The van der Waals surface area contributed by atoms with E-state index in [0.29, 0.717) is 34.5 Å². The number of nitrogens with one attached hydrogen (secondary N) is 2. The van der Waals surface area contributed by atoms with E-state index in [9.17, 15) is 4.79 Å². The second kappa shape index (κ2) is 8.14. The Bertz CT molecular complexity index is 719. The Hall–Kier alpha value is -2.83. The molecule has 0 atom stereocenters. The first-order valence-electron chi connectivity index (χ1n) is 7.70. The number of aromatic nitrogens is 2. The molecule has 1 aromatic carbocycles. The lowest BCUT2D eigenvalue weighted by atomic mass is 10.2. The van der Waals surface area contributed by atoms with E-state index in [-0.39, 0.29) is 5.91 Å². The van der Waals surface area contributed by atoms with Gasteiger partial charge in [0.25, 0.3) is 5.91 Å². The lowest BCUT2D eigenvalue weighted by molar-refractivity contribution is 0.102. The molecule has 1 heterocycles. The van der Waals surface area contributed by atoms with Gasteiger partial charge in [-0.1, -0.05) is 6.92 Å². The molecule has 1 amide bonds. The van der Waals surface area contributed by atoms with Crippen LogP contribution in [0, 0.1) is 6.92 Å². The van der Waals surface area contributed by atoms with Gasteiger partial charge in [-0.2, -0.15) is 0 Å². The summed E-state index contributed by atoms with van der Waals surface area (Å²) in [6.45, 7) is 4.59. The topological polar surface area (TPSA) is 85.4 Å². The number of anilines is 2. The van der Waals surface area contributed by atoms with E-state index in [0.717, 1.165) is 13.0 Å². The first kappa shape index (κ1) is 17.5. The van der Waals surface area contributed by atoms with Gasteiger partial charge in [0.05, 0.1) is 19.9 Å². The lowest BCUT2D eigenvalue weighted by Gasteiger charge is -2.12. The molecule has 0 aliphatic carbocycles. The Balaban J connectivity index is 2.22. The van der Waals surface area contributed by atoms with Crippen LogP contribution in [0.15, 0.2) is 24.3 Å². The van der Waals surface area contributed by atoms with Crippen molar-refractivity contribution in [2.24, 2.45) is 0 Å². The number of hydrogen-bond acceptors (Lipinski definition) is 6. The number of rotatable bonds is 7. The third-order valence-corrected chi connectivity index (χ3v) is 3.28. The van der Waals surface area contributed by atoms with Gasteiger partial charge < -0.3 is 20.1 Å². The molecule has 0 unspecified atom stereocenters. The molecule has 7 heteroatoms. The minimum Gasteiger partial charge on any atom is -0.497 e. The van der Waals surface area contributed by atoms with Crippen molar-refractivity contribution in [2.45, 2.75) is 20.3 Å². The summed E-state index contributed by atoms with van der Waals surface area (Å²) < 4.78 is 10.4. The Labute approximate surface area is 141 Å². The fourth-order valence-electron chi connectivity index (χ4n) is 2.12. The lowest BCUT2D eigenvalue weighted by Crippen LogP contribution is -2.16. The summed E-state index contributed by atoms with van der Waals surface area (Å²) in [5.41, 5.74) is 0.835. The maximum atomic E-state index is 12.5. The summed E-state index contributed by atoms with van der Waals surface area (Å²) >= 11 is 0. The Morgan fingerprint density at radius 2 is 1.96 bits per heavy atom. The van der Waals surface area contributed by atoms with Crippen molar-refractivity contribution in [3.63, 3.8) is 0 Å². The second-order valence-electron chi connectivity index (χ2n) is 5.13. The van der Waals surface area contributed by atoms with Gasteiger partial charge >= 0.3 is 0 Å². The van der Waals surface area contributed by atoms with Crippen molar-refractivity contribution in [3.8, 4) is 11.5 Å². The van der Waals surface area contributed by atoms with Crippen LogP contribution in [0.5, 0.6) is 11.5 Å². The molecule has 0 aliphatic heterocycles. The minimum absolute atomic E-state index is 0.291. The molecule has 7 nitrogen and oxygen atoms in total. The van der Waals surface area contributed by atoms with Crippen LogP contribution in [0.25, 0.3) is 0 Å². The highest BCUT2D eigenvalue weighted by atomic mass is 16.5. The first-order valence-corrected chi connectivity index (χ1v) is 7.70. The molecular formula is C17H22N4O3. The molecule has 2 rings (SSSR count). The maximum Gasteiger partial charge on any atom is 0.274 e. The summed E-state index contributed by atoms with van der Waals surface area (Å²) in [5.74, 6) is 1.99. The zero-order valence-corrected chi connectivity index (χ0v) is 14.3. The van der Waals surface area contributed by atoms with E-state index in [1.165, 1.54) is 7.11 Å². The van der Waals surface area contributed by atoms with Crippen molar-refractivity contribution in [3.05, 3.63) is 35.8 Å². The van der Waals surface area contributed by atoms with Crippen LogP contribution >= 0.6 is 0 Å². The second-order valence-corrected chi connectivity index (χ2v) is 5.13. The largest absolute Gasteiger partial charge is 0.497 e. The summed E-state index contributed by atoms with van der Waals surface area (Å²) in [4.78, 5) is 21.0. The number of ether oxygens (including phenoxy) is 2. The quantitative estimate of drug-likeness (QED) is 0.812. The maximum absolute atomic E-state index is 12.5. The molecule has 1 aromatic heterocycles. The van der Waals surface area contributed by atoms with Gasteiger partial charge in [0.2, 0.25) is 0 Å². The monoisotopic (exact) mass is 330 g/mol. The highest BCUT2D eigenvalue weighted by Crippen LogP contribution is 2.29. The standard InChI is InChI=1S/C17H22N4O3/c1-5-8-18-16-10-14(19-11(2)20-16)17(22)21-13-7-6-12(23-3)9-15(13)24-4/h6-7,9-10H,5,8H2,1-4H3,(H,21,22)(H,18,19,20). The first-order chi connectivity index (χ1) is 11.6. The predicted molar refractivity (Wildman–Crippen MR) is 93.0 cm³/mol. The van der Waals surface area contributed by atoms with Crippen LogP contribution in [-0.4, -0.2) is 36.6 Å². The Morgan fingerprint density at radius 1 is 1.17 bits per heavy atom. The van der Waals surface area contributed by atoms with Gasteiger partial charge in [0.15, 0.2) is 0 Å². The predicted octanol–water partition coefficient (Wildman–Crippen LogP) is 2.88. The minimum atomic E-state index is -0.330. The number of carbonyl (C=O) groups excluding carboxylic acids is 1. The van der Waals surface area contributed by atoms with Crippen molar-refractivity contribution >= 4 is 17.4 Å². The van der Waals surface area contributed by atoms with E-state index < -0.39 is 0 Å². The molecule has 0 fully saturated rings. The SMILES string of the molecule is CCCNc1cc(C(=O)Nc2ccc(OC)cc2OC)nc(C)n1. The third kappa shape index (κ3) is 4.34. The van der Waals surface area contributed by atoms with Gasteiger partial charge in [-0.05, 0) is 25.5 Å². The molecule has 2 aromatic rings. The number of benzene rings is 1. The highest BCUT2D eigenvalue weighted by Gasteiger charge is 2.14. The smallest absolute Gasteiger partial charge is 0.274 e. The van der Waals surface area contributed by atoms with Crippen LogP contribution in [0.2, 0.25) is 0 Å². The Kier molecular flexibility index (Phi) is 5.95. The fourth-order valence-corrected chi connectivity index (χ4v) is 2.12. The van der Waals surface area contributed by atoms with Crippen molar-refractivity contribution in [1.82, 2.24) is 9.97 Å². The van der Waals surface area contributed by atoms with E-state index in [4.69, 9.17) is 9.47 Å². The van der Waals surface area contributed by atoms with E-state index in [1.54, 1.807) is 38.3 Å². The van der Waals surface area contributed by atoms with Crippen LogP contribution in [0.1, 0.15) is 29.7 Å². The van der Waals surface area contributed by atoms with Crippen LogP contribution < -0.4 is 20.1 Å². The molecule has 0 saturated carbocycles. The van der Waals surface area contributed by atoms with Gasteiger partial charge in [-0.15, -0.1) is 0 Å². The number of amides is 1. The van der Waals surface area contributed by atoms with E-state index >= 15 is 0 Å². The highest BCUT2D eigenvalue weighted by molar-refractivity contribution is 6.04. The molecule has 0 bridgehead atoms. The van der Waals surface area contributed by atoms with E-state index in [2.05, 4.69) is 27.5 Å². The van der Waals surface area contributed by atoms with Crippen LogP contribution in [-0.2, 0) is 0 Å². The van der Waals surface area contributed by atoms with E-state index in [1.807, 2.05) is 0 Å². The van der Waals surface area contributed by atoms with Crippen LogP contribution in [0.3, 0.4) is 0 Å². The molecule has 0 saturated heterocycles. The van der Waals surface area contributed by atoms with Crippen molar-refractivity contribution < 1.29 is 14.3 Å². The normalized spacial score (nSPS) is 10.2. The molecule has 0 radical (unpaired) electrons. The van der Waals surface area contributed by atoms with Gasteiger partial charge in [0.1, 0.15) is 28.8 Å². The molecule has 0 aliphatic rings. The molecule has 24 heavy (non-hydrogen) atoms. The zero-order valence-electron chi connectivity index (χ0n) is 14.3. The number of nitrogens with zero attached hydrogens (tertiary/aromatic N) is 2. The van der Waals surface area contributed by atoms with Crippen LogP contribution in [0.4, 0.5) is 11.5 Å². The van der Waals surface area contributed by atoms with Crippen molar-refractivity contribution in [2.75, 3.05) is 31.4 Å². The zero-order chi connectivity index (χ0) is 17.5. The van der Waals surface area contributed by atoms with Gasteiger partial charge in [-0.25, -0.2) is 9.97 Å². The average molecular weight is 330 g/mol.